The fourth-order valence-corrected chi connectivity index (χ4v) is 4.16. The van der Waals surface area contributed by atoms with Crippen molar-refractivity contribution in [3.8, 4) is 0 Å². The minimum Gasteiger partial charge on any atom is -0.444 e. The van der Waals surface area contributed by atoms with E-state index < -0.39 is 15.6 Å². The Bertz CT molecular complexity index is 803. The summed E-state index contributed by atoms with van der Waals surface area (Å²) in [4.78, 5) is 18.6. The first-order valence-electron chi connectivity index (χ1n) is 8.34. The van der Waals surface area contributed by atoms with Crippen molar-refractivity contribution in [3.05, 3.63) is 29.8 Å². The van der Waals surface area contributed by atoms with Crippen LogP contribution in [0.4, 0.5) is 4.79 Å². The van der Waals surface area contributed by atoms with Gasteiger partial charge >= 0.3 is 6.09 Å². The van der Waals surface area contributed by atoms with Crippen LogP contribution in [0.2, 0.25) is 0 Å². The first-order chi connectivity index (χ1) is 11.7. The second-order valence-electron chi connectivity index (χ2n) is 7.28. The van der Waals surface area contributed by atoms with Gasteiger partial charge in [0.15, 0.2) is 0 Å². The Morgan fingerprint density at radius 1 is 1.24 bits per heavy atom. The maximum atomic E-state index is 12.1. The number of aliphatic imine (C=N–C) groups is 1. The first-order valence-corrected chi connectivity index (χ1v) is 9.82. The molecule has 1 aromatic carbocycles. The van der Waals surface area contributed by atoms with Crippen molar-refractivity contribution < 1.29 is 17.9 Å². The van der Waals surface area contributed by atoms with Crippen molar-refractivity contribution in [1.29, 1.82) is 0 Å². The quantitative estimate of drug-likeness (QED) is 0.826. The summed E-state index contributed by atoms with van der Waals surface area (Å²) >= 11 is 0. The Kier molecular flexibility index (Phi) is 4.49. The average molecular weight is 365 g/mol. The van der Waals surface area contributed by atoms with Gasteiger partial charge in [-0.3, -0.25) is 9.71 Å². The summed E-state index contributed by atoms with van der Waals surface area (Å²) in [5.41, 5.74) is 0.0945. The smallest absolute Gasteiger partial charge is 0.410 e. The van der Waals surface area contributed by atoms with Crippen molar-refractivity contribution in [2.24, 2.45) is 4.99 Å². The number of nitrogens with zero attached hydrogens (tertiary/aromatic N) is 2. The molecule has 0 aromatic heterocycles. The SMILES string of the molecule is CC(C)(C)OC(=O)N1CCC(N=C2NS(=O)(=O)c3ccccc32)CC1. The van der Waals surface area contributed by atoms with E-state index in [0.29, 0.717) is 37.3 Å². The van der Waals surface area contributed by atoms with Gasteiger partial charge in [-0.1, -0.05) is 12.1 Å². The van der Waals surface area contributed by atoms with Crippen molar-refractivity contribution in [2.45, 2.75) is 50.2 Å². The van der Waals surface area contributed by atoms with E-state index in [1.54, 1.807) is 29.2 Å². The molecule has 1 fully saturated rings. The molecule has 2 aliphatic rings. The number of carbonyl (C=O) groups is 1. The third kappa shape index (κ3) is 3.95. The van der Waals surface area contributed by atoms with E-state index in [2.05, 4.69) is 9.71 Å². The molecule has 0 radical (unpaired) electrons. The summed E-state index contributed by atoms with van der Waals surface area (Å²) in [5.74, 6) is 0.395. The number of piperidine rings is 1. The predicted octanol–water partition coefficient (Wildman–Crippen LogP) is 2.12. The highest BCUT2D eigenvalue weighted by atomic mass is 32.2. The fourth-order valence-electron chi connectivity index (χ4n) is 2.92. The summed E-state index contributed by atoms with van der Waals surface area (Å²) < 4.78 is 32.1. The second-order valence-corrected chi connectivity index (χ2v) is 8.93. The molecule has 1 amide bonds. The van der Waals surface area contributed by atoms with Gasteiger partial charge in [0.2, 0.25) is 0 Å². The average Bonchev–Trinajstić information content (AvgIpc) is 2.78. The molecule has 25 heavy (non-hydrogen) atoms. The van der Waals surface area contributed by atoms with Gasteiger partial charge in [0.05, 0.1) is 10.9 Å². The lowest BCUT2D eigenvalue weighted by molar-refractivity contribution is 0.0207. The molecule has 1 saturated heterocycles. The van der Waals surface area contributed by atoms with Gasteiger partial charge in [-0.2, -0.15) is 0 Å². The van der Waals surface area contributed by atoms with Crippen LogP contribution in [0.15, 0.2) is 34.2 Å². The van der Waals surface area contributed by atoms with Gasteiger partial charge < -0.3 is 9.64 Å². The third-order valence-electron chi connectivity index (χ3n) is 4.09. The monoisotopic (exact) mass is 365 g/mol. The van der Waals surface area contributed by atoms with Crippen molar-refractivity contribution in [2.75, 3.05) is 13.1 Å². The van der Waals surface area contributed by atoms with E-state index in [1.165, 1.54) is 0 Å². The van der Waals surface area contributed by atoms with Gasteiger partial charge in [-0.15, -0.1) is 0 Å². The zero-order valence-corrected chi connectivity index (χ0v) is 15.5. The lowest BCUT2D eigenvalue weighted by Gasteiger charge is -2.32. The molecule has 136 valence electrons. The Hall–Kier alpha value is -2.09. The van der Waals surface area contributed by atoms with Crippen LogP contribution in [0.25, 0.3) is 0 Å². The normalized spacial score (nSPS) is 21.7. The van der Waals surface area contributed by atoms with Crippen molar-refractivity contribution in [1.82, 2.24) is 9.62 Å². The molecule has 2 heterocycles. The Morgan fingerprint density at radius 3 is 2.52 bits per heavy atom. The summed E-state index contributed by atoms with van der Waals surface area (Å²) in [5, 5.41) is 0. The zero-order valence-electron chi connectivity index (χ0n) is 14.7. The van der Waals surface area contributed by atoms with Crippen molar-refractivity contribution in [3.63, 3.8) is 0 Å². The van der Waals surface area contributed by atoms with Crippen molar-refractivity contribution >= 4 is 22.0 Å². The van der Waals surface area contributed by atoms with E-state index in [4.69, 9.17) is 4.74 Å². The number of carbonyl (C=O) groups excluding carboxylic acids is 1. The summed E-state index contributed by atoms with van der Waals surface area (Å²) in [7, 11) is -3.52. The summed E-state index contributed by atoms with van der Waals surface area (Å²) in [6, 6.07) is 6.79. The van der Waals surface area contributed by atoms with Gasteiger partial charge in [-0.05, 0) is 45.7 Å². The Labute approximate surface area is 148 Å². The standard InChI is InChI=1S/C17H23N3O4S/c1-17(2,3)24-16(21)20-10-8-12(9-11-20)18-15-13-6-4-5-7-14(13)25(22,23)19-15/h4-7,12H,8-11H2,1-3H3,(H,18,19). The summed E-state index contributed by atoms with van der Waals surface area (Å²) in [6.07, 6.45) is 1.03. The number of hydrogen-bond acceptors (Lipinski definition) is 5. The third-order valence-corrected chi connectivity index (χ3v) is 5.49. The minimum absolute atomic E-state index is 0.0254. The zero-order chi connectivity index (χ0) is 18.2. The maximum absolute atomic E-state index is 12.1. The topological polar surface area (TPSA) is 88.1 Å². The van der Waals surface area contributed by atoms with Crippen LogP contribution in [-0.2, 0) is 14.8 Å². The first kappa shape index (κ1) is 17.7. The number of benzene rings is 1. The maximum Gasteiger partial charge on any atom is 0.410 e. The molecule has 0 saturated carbocycles. The Morgan fingerprint density at radius 2 is 1.88 bits per heavy atom. The molecule has 2 aliphatic heterocycles. The van der Waals surface area contributed by atoms with E-state index in [0.717, 1.165) is 0 Å². The molecule has 0 spiro atoms. The summed E-state index contributed by atoms with van der Waals surface area (Å²) in [6.45, 7) is 6.61. The number of nitrogens with one attached hydrogen (secondary N) is 1. The highest BCUT2D eigenvalue weighted by Gasteiger charge is 2.32. The molecule has 1 N–H and O–H groups in total. The van der Waals surface area contributed by atoms with Crippen LogP contribution in [0, 0.1) is 0 Å². The van der Waals surface area contributed by atoms with E-state index in [-0.39, 0.29) is 17.0 Å². The largest absolute Gasteiger partial charge is 0.444 e. The number of amides is 1. The van der Waals surface area contributed by atoms with Crippen LogP contribution in [0.3, 0.4) is 0 Å². The molecule has 0 atom stereocenters. The highest BCUT2D eigenvalue weighted by molar-refractivity contribution is 7.90. The molecule has 0 aliphatic carbocycles. The van der Waals surface area contributed by atoms with E-state index in [9.17, 15) is 13.2 Å². The Balaban J connectivity index is 1.67. The van der Waals surface area contributed by atoms with Crippen LogP contribution < -0.4 is 4.72 Å². The molecular weight excluding hydrogens is 342 g/mol. The van der Waals surface area contributed by atoms with E-state index in [1.807, 2.05) is 20.8 Å². The minimum atomic E-state index is -3.52. The van der Waals surface area contributed by atoms with Crippen LogP contribution in [0.5, 0.6) is 0 Å². The molecule has 7 nitrogen and oxygen atoms in total. The van der Waals surface area contributed by atoms with Gasteiger partial charge in [0.25, 0.3) is 10.0 Å². The number of ether oxygens (including phenoxy) is 1. The number of likely N-dealkylation sites (tertiary alicyclic amines) is 1. The molecular formula is C17H23N3O4S. The molecule has 8 heteroatoms. The lowest BCUT2D eigenvalue weighted by Crippen LogP contribution is -2.43. The van der Waals surface area contributed by atoms with Crippen LogP contribution in [0.1, 0.15) is 39.2 Å². The highest BCUT2D eigenvalue weighted by Crippen LogP contribution is 2.24. The predicted molar refractivity (Wildman–Crippen MR) is 94.1 cm³/mol. The van der Waals surface area contributed by atoms with Crippen LogP contribution >= 0.6 is 0 Å². The van der Waals surface area contributed by atoms with E-state index >= 15 is 0 Å². The number of rotatable bonds is 1. The van der Waals surface area contributed by atoms with Gasteiger partial charge in [0.1, 0.15) is 11.4 Å². The number of hydrogen-bond donors (Lipinski definition) is 1. The molecule has 1 aromatic rings. The second kappa shape index (κ2) is 6.33. The van der Waals surface area contributed by atoms with Gasteiger partial charge in [-0.25, -0.2) is 13.2 Å². The molecule has 3 rings (SSSR count). The lowest BCUT2D eigenvalue weighted by atomic mass is 10.1. The number of sulfonamides is 1. The number of fused-ring (bicyclic) bond motifs is 1. The fraction of sp³-hybridized carbons (Fsp3) is 0.529. The van der Waals surface area contributed by atoms with Gasteiger partial charge in [0, 0.05) is 18.7 Å². The van der Waals surface area contributed by atoms with Crippen LogP contribution in [-0.4, -0.2) is 50.0 Å². The molecule has 0 bridgehead atoms. The number of amidine groups is 1. The molecule has 0 unspecified atom stereocenters.